The molecule has 2 rings (SSSR count). The van der Waals surface area contributed by atoms with Gasteiger partial charge >= 0.3 is 0 Å². The number of halogens is 1. The third kappa shape index (κ3) is 2.92. The zero-order valence-corrected chi connectivity index (χ0v) is 11.5. The molecule has 0 aliphatic heterocycles. The largest absolute Gasteiger partial charge is 0.317 e. The second kappa shape index (κ2) is 5.42. The van der Waals surface area contributed by atoms with Gasteiger partial charge in [0, 0.05) is 16.9 Å². The smallest absolute Gasteiger partial charge is 0.0730 e. The minimum atomic E-state index is 0.405. The fourth-order valence-electron chi connectivity index (χ4n) is 1.61. The molecule has 1 unspecified atom stereocenters. The molecule has 1 heterocycles. The van der Waals surface area contributed by atoms with Crippen molar-refractivity contribution in [1.82, 2.24) is 20.3 Å². The van der Waals surface area contributed by atoms with E-state index in [9.17, 15) is 0 Å². The lowest BCUT2D eigenvalue weighted by Crippen LogP contribution is -2.24. The molecule has 0 spiro atoms. The molecule has 0 bridgehead atoms. The first-order valence-electron chi connectivity index (χ1n) is 5.53. The summed E-state index contributed by atoms with van der Waals surface area (Å²) in [7, 11) is 1.96. The van der Waals surface area contributed by atoms with E-state index in [0.717, 1.165) is 22.3 Å². The molecule has 1 aromatic heterocycles. The molecule has 1 N–H and O–H groups in total. The van der Waals surface area contributed by atoms with Gasteiger partial charge in [0.25, 0.3) is 0 Å². The predicted molar refractivity (Wildman–Crippen MR) is 71.3 cm³/mol. The van der Waals surface area contributed by atoms with E-state index < -0.39 is 0 Å². The summed E-state index contributed by atoms with van der Waals surface area (Å²) in [5.41, 5.74) is 2.14. The molecule has 0 saturated heterocycles. The lowest BCUT2D eigenvalue weighted by atomic mass is 10.2. The summed E-state index contributed by atoms with van der Waals surface area (Å²) in [5.74, 6) is 0. The van der Waals surface area contributed by atoms with Gasteiger partial charge in [-0.15, -0.1) is 5.10 Å². The Morgan fingerprint density at radius 1 is 1.35 bits per heavy atom. The van der Waals surface area contributed by atoms with Crippen LogP contribution in [0.3, 0.4) is 0 Å². The molecule has 0 radical (unpaired) electrons. The van der Waals surface area contributed by atoms with Gasteiger partial charge < -0.3 is 5.32 Å². The molecule has 0 aliphatic carbocycles. The van der Waals surface area contributed by atoms with Crippen LogP contribution in [-0.2, 0) is 6.42 Å². The first kappa shape index (κ1) is 12.3. The Morgan fingerprint density at radius 3 is 2.71 bits per heavy atom. The Hall–Kier alpha value is -1.20. The van der Waals surface area contributed by atoms with Crippen LogP contribution in [0.2, 0.25) is 0 Å². The normalized spacial score (nSPS) is 12.6. The molecule has 0 fully saturated rings. The maximum atomic E-state index is 4.13. The van der Waals surface area contributed by atoms with E-state index >= 15 is 0 Å². The van der Waals surface area contributed by atoms with E-state index in [-0.39, 0.29) is 0 Å². The lowest BCUT2D eigenvalue weighted by Gasteiger charge is -2.11. The van der Waals surface area contributed by atoms with Crippen LogP contribution in [-0.4, -0.2) is 28.1 Å². The predicted octanol–water partition coefficient (Wildman–Crippen LogP) is 2.18. The molecule has 1 atom stereocenters. The minimum Gasteiger partial charge on any atom is -0.317 e. The van der Waals surface area contributed by atoms with Crippen LogP contribution in [0.25, 0.3) is 5.69 Å². The van der Waals surface area contributed by atoms with Gasteiger partial charge in [-0.2, -0.15) is 0 Å². The summed E-state index contributed by atoms with van der Waals surface area (Å²) in [4.78, 5) is 0. The number of hydrogen-bond acceptors (Lipinski definition) is 3. The van der Waals surface area contributed by atoms with Gasteiger partial charge in [-0.25, -0.2) is 4.68 Å². The molecular formula is C12H15BrN4. The summed E-state index contributed by atoms with van der Waals surface area (Å²) < 4.78 is 2.94. The molecule has 0 aliphatic rings. The Bertz CT molecular complexity index is 478. The van der Waals surface area contributed by atoms with E-state index in [1.165, 1.54) is 0 Å². The van der Waals surface area contributed by atoms with Gasteiger partial charge in [-0.1, -0.05) is 21.1 Å². The first-order valence-corrected chi connectivity index (χ1v) is 6.33. The van der Waals surface area contributed by atoms with E-state index in [4.69, 9.17) is 0 Å². The summed E-state index contributed by atoms with van der Waals surface area (Å²) in [5, 5.41) is 11.3. The van der Waals surface area contributed by atoms with E-state index in [1.54, 1.807) is 0 Å². The number of aromatic nitrogens is 3. The van der Waals surface area contributed by atoms with E-state index in [1.807, 2.05) is 42.2 Å². The molecule has 4 nitrogen and oxygen atoms in total. The van der Waals surface area contributed by atoms with Crippen molar-refractivity contribution in [1.29, 1.82) is 0 Å². The fraction of sp³-hybridized carbons (Fsp3) is 0.333. The van der Waals surface area contributed by atoms with Crippen LogP contribution in [0.5, 0.6) is 0 Å². The van der Waals surface area contributed by atoms with E-state index in [0.29, 0.717) is 6.04 Å². The molecule has 0 saturated carbocycles. The van der Waals surface area contributed by atoms with Crippen molar-refractivity contribution >= 4 is 15.9 Å². The second-order valence-electron chi connectivity index (χ2n) is 4.01. The van der Waals surface area contributed by atoms with E-state index in [2.05, 4.69) is 38.5 Å². The van der Waals surface area contributed by atoms with Crippen LogP contribution in [0, 0.1) is 0 Å². The third-order valence-corrected chi connectivity index (χ3v) is 3.23. The zero-order valence-electron chi connectivity index (χ0n) is 9.89. The average Bonchev–Trinajstić information content (AvgIpc) is 2.78. The monoisotopic (exact) mass is 294 g/mol. The number of rotatable bonds is 4. The molecule has 17 heavy (non-hydrogen) atoms. The number of nitrogens with one attached hydrogen (secondary N) is 1. The van der Waals surface area contributed by atoms with Gasteiger partial charge in [0.1, 0.15) is 0 Å². The standard InChI is InChI=1S/C12H15BrN4/c1-9(14-2)7-12-8-15-16-17(12)11-5-3-10(13)4-6-11/h3-6,8-9,14H,7H2,1-2H3. The van der Waals surface area contributed by atoms with Crippen LogP contribution < -0.4 is 5.32 Å². The highest BCUT2D eigenvalue weighted by molar-refractivity contribution is 9.10. The lowest BCUT2D eigenvalue weighted by molar-refractivity contribution is 0.588. The Morgan fingerprint density at radius 2 is 2.06 bits per heavy atom. The molecule has 1 aromatic carbocycles. The zero-order chi connectivity index (χ0) is 12.3. The molecule has 5 heteroatoms. The quantitative estimate of drug-likeness (QED) is 0.940. The Labute approximate surface area is 109 Å². The summed E-state index contributed by atoms with van der Waals surface area (Å²) in [6.07, 6.45) is 2.72. The van der Waals surface area contributed by atoms with Gasteiger partial charge in [-0.3, -0.25) is 0 Å². The van der Waals surface area contributed by atoms with Crippen molar-refractivity contribution in [2.24, 2.45) is 0 Å². The van der Waals surface area contributed by atoms with Crippen molar-refractivity contribution in [2.45, 2.75) is 19.4 Å². The topological polar surface area (TPSA) is 42.7 Å². The second-order valence-corrected chi connectivity index (χ2v) is 4.92. The van der Waals surface area contributed by atoms with Crippen LogP contribution in [0.15, 0.2) is 34.9 Å². The Balaban J connectivity index is 2.27. The Kier molecular flexibility index (Phi) is 3.91. The highest BCUT2D eigenvalue weighted by atomic mass is 79.9. The summed E-state index contributed by atoms with van der Waals surface area (Å²) in [6, 6.07) is 8.45. The molecule has 90 valence electrons. The summed E-state index contributed by atoms with van der Waals surface area (Å²) >= 11 is 3.42. The maximum Gasteiger partial charge on any atom is 0.0730 e. The van der Waals surface area contributed by atoms with Crippen LogP contribution in [0.4, 0.5) is 0 Å². The van der Waals surface area contributed by atoms with Crippen molar-refractivity contribution in [2.75, 3.05) is 7.05 Å². The molecule has 0 amide bonds. The average molecular weight is 295 g/mol. The van der Waals surface area contributed by atoms with Gasteiger partial charge in [0.15, 0.2) is 0 Å². The minimum absolute atomic E-state index is 0.405. The van der Waals surface area contributed by atoms with Crippen LogP contribution in [0.1, 0.15) is 12.6 Å². The maximum absolute atomic E-state index is 4.13. The van der Waals surface area contributed by atoms with Crippen molar-refractivity contribution in [3.63, 3.8) is 0 Å². The number of benzene rings is 1. The summed E-state index contributed by atoms with van der Waals surface area (Å²) in [6.45, 7) is 2.14. The SMILES string of the molecule is CNC(C)Cc1cnnn1-c1ccc(Br)cc1. The fourth-order valence-corrected chi connectivity index (χ4v) is 1.88. The third-order valence-electron chi connectivity index (χ3n) is 2.70. The highest BCUT2D eigenvalue weighted by Crippen LogP contribution is 2.15. The van der Waals surface area contributed by atoms with Crippen molar-refractivity contribution in [3.05, 3.63) is 40.6 Å². The number of likely N-dealkylation sites (N-methyl/N-ethyl adjacent to an activating group) is 1. The van der Waals surface area contributed by atoms with Crippen LogP contribution >= 0.6 is 15.9 Å². The number of hydrogen-bond donors (Lipinski definition) is 1. The highest BCUT2D eigenvalue weighted by Gasteiger charge is 2.09. The van der Waals surface area contributed by atoms with Crippen molar-refractivity contribution in [3.8, 4) is 5.69 Å². The molecule has 2 aromatic rings. The van der Waals surface area contributed by atoms with Crippen molar-refractivity contribution < 1.29 is 0 Å². The van der Waals surface area contributed by atoms with Gasteiger partial charge in [0.05, 0.1) is 17.6 Å². The first-order chi connectivity index (χ1) is 8.20. The molecular weight excluding hydrogens is 280 g/mol. The van der Waals surface area contributed by atoms with Gasteiger partial charge in [-0.05, 0) is 38.2 Å². The number of nitrogens with zero attached hydrogens (tertiary/aromatic N) is 3. The van der Waals surface area contributed by atoms with Gasteiger partial charge in [0.2, 0.25) is 0 Å².